The smallest absolute Gasteiger partial charge is 0.126 e. The van der Waals surface area contributed by atoms with Gasteiger partial charge in [0.05, 0.1) is 21.2 Å². The number of anilines is 1. The first-order chi connectivity index (χ1) is 8.99. The van der Waals surface area contributed by atoms with Crippen molar-refractivity contribution in [1.29, 1.82) is 0 Å². The maximum Gasteiger partial charge on any atom is 0.126 e. The Balaban J connectivity index is 2.25. The summed E-state index contributed by atoms with van der Waals surface area (Å²) in [5.74, 6) is -0.532. The molecule has 1 unspecified atom stereocenters. The van der Waals surface area contributed by atoms with Crippen LogP contribution in [-0.4, -0.2) is 5.11 Å². The molecular formula is C14H12BrClFNO. The Kier molecular flexibility index (Phi) is 4.32. The van der Waals surface area contributed by atoms with Crippen LogP contribution in [0.25, 0.3) is 0 Å². The molecule has 1 atom stereocenters. The molecule has 0 aromatic heterocycles. The summed E-state index contributed by atoms with van der Waals surface area (Å²) in [4.78, 5) is 0. The molecule has 2 nitrogen and oxygen atoms in total. The van der Waals surface area contributed by atoms with Gasteiger partial charge < -0.3 is 10.4 Å². The molecule has 0 saturated heterocycles. The Morgan fingerprint density at radius 1 is 1.32 bits per heavy atom. The van der Waals surface area contributed by atoms with Gasteiger partial charge in [-0.05, 0) is 41.1 Å². The number of rotatable bonds is 3. The highest BCUT2D eigenvalue weighted by molar-refractivity contribution is 9.10. The van der Waals surface area contributed by atoms with Gasteiger partial charge in [0.1, 0.15) is 11.6 Å². The summed E-state index contributed by atoms with van der Waals surface area (Å²) in [7, 11) is 0. The molecule has 0 aliphatic heterocycles. The first kappa shape index (κ1) is 14.2. The predicted octanol–water partition coefficient (Wildman–Crippen LogP) is 5.12. The number of phenols is 1. The van der Waals surface area contributed by atoms with Gasteiger partial charge in [0.2, 0.25) is 0 Å². The van der Waals surface area contributed by atoms with E-state index in [1.54, 1.807) is 12.1 Å². The summed E-state index contributed by atoms with van der Waals surface area (Å²) >= 11 is 9.40. The molecule has 0 radical (unpaired) electrons. The highest BCUT2D eigenvalue weighted by Crippen LogP contribution is 2.34. The number of halogens is 3. The van der Waals surface area contributed by atoms with Crippen molar-refractivity contribution in [2.45, 2.75) is 13.0 Å². The molecule has 0 amide bonds. The summed E-state index contributed by atoms with van der Waals surface area (Å²) < 4.78 is 13.7. The Bertz CT molecular complexity index is 606. The molecule has 19 heavy (non-hydrogen) atoms. The van der Waals surface area contributed by atoms with Gasteiger partial charge in [-0.1, -0.05) is 23.7 Å². The molecule has 2 aromatic carbocycles. The van der Waals surface area contributed by atoms with E-state index in [0.29, 0.717) is 10.6 Å². The van der Waals surface area contributed by atoms with E-state index in [0.717, 1.165) is 16.2 Å². The monoisotopic (exact) mass is 343 g/mol. The van der Waals surface area contributed by atoms with Crippen LogP contribution in [0.2, 0.25) is 5.02 Å². The molecule has 2 aromatic rings. The highest BCUT2D eigenvalue weighted by Gasteiger charge is 2.13. The molecule has 2 N–H and O–H groups in total. The molecule has 0 fully saturated rings. The van der Waals surface area contributed by atoms with E-state index < -0.39 is 5.82 Å². The van der Waals surface area contributed by atoms with Crippen LogP contribution in [0.4, 0.5) is 10.1 Å². The maximum atomic E-state index is 12.9. The van der Waals surface area contributed by atoms with Gasteiger partial charge in [-0.3, -0.25) is 0 Å². The van der Waals surface area contributed by atoms with Crippen LogP contribution in [0.5, 0.6) is 5.75 Å². The molecule has 100 valence electrons. The quantitative estimate of drug-likeness (QED) is 0.810. The van der Waals surface area contributed by atoms with Crippen LogP contribution in [-0.2, 0) is 0 Å². The van der Waals surface area contributed by atoms with E-state index in [-0.39, 0.29) is 11.8 Å². The lowest BCUT2D eigenvalue weighted by molar-refractivity contribution is 0.459. The lowest BCUT2D eigenvalue weighted by Crippen LogP contribution is -2.07. The first-order valence-electron chi connectivity index (χ1n) is 5.68. The summed E-state index contributed by atoms with van der Waals surface area (Å²) in [5, 5.41) is 13.6. The second-order valence-corrected chi connectivity index (χ2v) is 5.37. The van der Waals surface area contributed by atoms with Crippen molar-refractivity contribution in [3.63, 3.8) is 0 Å². The number of phenolic OH excluding ortho intramolecular Hbond substituents is 1. The van der Waals surface area contributed by atoms with E-state index in [9.17, 15) is 9.50 Å². The fourth-order valence-corrected chi connectivity index (χ4v) is 2.36. The summed E-state index contributed by atoms with van der Waals surface area (Å²) in [6.07, 6.45) is 0. The molecule has 0 spiro atoms. The van der Waals surface area contributed by atoms with Crippen LogP contribution in [0.1, 0.15) is 18.5 Å². The van der Waals surface area contributed by atoms with Crippen molar-refractivity contribution in [3.05, 3.63) is 57.3 Å². The van der Waals surface area contributed by atoms with Crippen LogP contribution >= 0.6 is 27.5 Å². The van der Waals surface area contributed by atoms with E-state index in [2.05, 4.69) is 21.2 Å². The van der Waals surface area contributed by atoms with E-state index in [4.69, 9.17) is 11.6 Å². The molecule has 5 heteroatoms. The zero-order chi connectivity index (χ0) is 14.0. The highest BCUT2D eigenvalue weighted by atomic mass is 79.9. The number of hydrogen-bond donors (Lipinski definition) is 2. The van der Waals surface area contributed by atoms with Crippen LogP contribution in [0.15, 0.2) is 40.9 Å². The zero-order valence-electron chi connectivity index (χ0n) is 10.1. The van der Waals surface area contributed by atoms with E-state index in [1.807, 2.05) is 19.1 Å². The van der Waals surface area contributed by atoms with Crippen LogP contribution in [0.3, 0.4) is 0 Å². The Hall–Kier alpha value is -1.26. The van der Waals surface area contributed by atoms with Gasteiger partial charge in [-0.25, -0.2) is 4.39 Å². The second kappa shape index (κ2) is 5.80. The van der Waals surface area contributed by atoms with Gasteiger partial charge in [0.15, 0.2) is 0 Å². The normalized spacial score (nSPS) is 12.2. The largest absolute Gasteiger partial charge is 0.507 e. The minimum Gasteiger partial charge on any atom is -0.507 e. The Labute approximate surface area is 124 Å². The Morgan fingerprint density at radius 2 is 2.05 bits per heavy atom. The third-order valence-corrected chi connectivity index (χ3v) is 4.18. The van der Waals surface area contributed by atoms with Gasteiger partial charge in [0, 0.05) is 11.6 Å². The topological polar surface area (TPSA) is 32.3 Å². The second-order valence-electron chi connectivity index (χ2n) is 4.17. The van der Waals surface area contributed by atoms with Gasteiger partial charge in [-0.2, -0.15) is 0 Å². The van der Waals surface area contributed by atoms with Crippen molar-refractivity contribution in [2.24, 2.45) is 0 Å². The lowest BCUT2D eigenvalue weighted by Gasteiger charge is -2.18. The van der Waals surface area contributed by atoms with E-state index in [1.165, 1.54) is 6.07 Å². The minimum atomic E-state index is -0.461. The molecule has 0 aliphatic carbocycles. The lowest BCUT2D eigenvalue weighted by atomic mass is 10.1. The van der Waals surface area contributed by atoms with Crippen LogP contribution in [0, 0.1) is 5.82 Å². The average Bonchev–Trinajstić information content (AvgIpc) is 2.34. The van der Waals surface area contributed by atoms with Crippen molar-refractivity contribution in [3.8, 4) is 5.75 Å². The van der Waals surface area contributed by atoms with Crippen molar-refractivity contribution in [2.75, 3.05) is 5.32 Å². The SMILES string of the molecule is CC(Nc1cccc(Cl)c1Br)c1ccc(F)cc1O. The molecule has 2 rings (SSSR count). The van der Waals surface area contributed by atoms with E-state index >= 15 is 0 Å². The summed E-state index contributed by atoms with van der Waals surface area (Å²) in [6, 6.07) is 9.26. The average molecular weight is 345 g/mol. The molecule has 0 aliphatic rings. The predicted molar refractivity (Wildman–Crippen MR) is 79.3 cm³/mol. The first-order valence-corrected chi connectivity index (χ1v) is 6.85. The van der Waals surface area contributed by atoms with Gasteiger partial charge in [0.25, 0.3) is 0 Å². The third kappa shape index (κ3) is 3.19. The molecule has 0 heterocycles. The standard InChI is InChI=1S/C14H12BrClFNO/c1-8(10-6-5-9(17)7-13(10)19)18-12-4-2-3-11(16)14(12)15/h2-8,18-19H,1H3. The molecular weight excluding hydrogens is 333 g/mol. The van der Waals surface area contributed by atoms with Crippen molar-refractivity contribution >= 4 is 33.2 Å². The maximum absolute atomic E-state index is 12.9. The van der Waals surface area contributed by atoms with Gasteiger partial charge >= 0.3 is 0 Å². The minimum absolute atomic E-state index is 0.0712. The summed E-state index contributed by atoms with van der Waals surface area (Å²) in [6.45, 7) is 1.88. The fourth-order valence-electron chi connectivity index (χ4n) is 1.81. The number of nitrogens with one attached hydrogen (secondary N) is 1. The van der Waals surface area contributed by atoms with Gasteiger partial charge in [-0.15, -0.1) is 0 Å². The van der Waals surface area contributed by atoms with Crippen LogP contribution < -0.4 is 5.32 Å². The molecule has 0 saturated carbocycles. The van der Waals surface area contributed by atoms with Crippen molar-refractivity contribution in [1.82, 2.24) is 0 Å². The Morgan fingerprint density at radius 3 is 2.74 bits per heavy atom. The zero-order valence-corrected chi connectivity index (χ0v) is 12.5. The molecule has 0 bridgehead atoms. The number of benzene rings is 2. The fraction of sp³-hybridized carbons (Fsp3) is 0.143. The number of hydrogen-bond acceptors (Lipinski definition) is 2. The summed E-state index contributed by atoms with van der Waals surface area (Å²) in [5.41, 5.74) is 1.43. The number of aromatic hydroxyl groups is 1. The third-order valence-electron chi connectivity index (χ3n) is 2.78. The van der Waals surface area contributed by atoms with Crippen molar-refractivity contribution < 1.29 is 9.50 Å².